The molecular weight excluding hydrogens is 520 g/mol. The summed E-state index contributed by atoms with van der Waals surface area (Å²) in [5, 5.41) is 3.08. The van der Waals surface area contributed by atoms with Gasteiger partial charge < -0.3 is 29.2 Å². The molecule has 3 aliphatic heterocycles. The summed E-state index contributed by atoms with van der Waals surface area (Å²) in [5.74, 6) is -1.56. The number of likely N-dealkylation sites (tertiary alicyclic amines) is 1. The summed E-state index contributed by atoms with van der Waals surface area (Å²) in [6, 6.07) is 2.94. The SMILES string of the molecule is COC(=O)C1=C(C(=O)OC)C2N(C)c3ccc(OC)cc3[C@@]23CC(C(=O)OC)N(C(=O)NC2CCCCC2)C3=N1. The Morgan fingerprint density at radius 1 is 0.975 bits per heavy atom. The third-order valence-electron chi connectivity index (χ3n) is 8.53. The monoisotopic (exact) mass is 554 g/mol. The van der Waals surface area contributed by atoms with Crippen molar-refractivity contribution in [2.24, 2.45) is 4.99 Å². The smallest absolute Gasteiger partial charge is 0.357 e. The van der Waals surface area contributed by atoms with Crippen LogP contribution in [0.25, 0.3) is 0 Å². The lowest BCUT2D eigenvalue weighted by Gasteiger charge is -2.39. The molecule has 4 aliphatic rings. The van der Waals surface area contributed by atoms with Crippen molar-refractivity contribution in [3.63, 3.8) is 0 Å². The first-order chi connectivity index (χ1) is 19.2. The van der Waals surface area contributed by atoms with E-state index in [0.29, 0.717) is 11.3 Å². The van der Waals surface area contributed by atoms with Gasteiger partial charge in [0.15, 0.2) is 5.70 Å². The zero-order chi connectivity index (χ0) is 28.8. The molecule has 5 rings (SSSR count). The number of carbonyl (C=O) groups is 4. The van der Waals surface area contributed by atoms with E-state index in [0.717, 1.165) is 37.8 Å². The molecule has 1 spiro atoms. The molecular formula is C28H34N4O8. The average molecular weight is 555 g/mol. The second kappa shape index (κ2) is 10.5. The van der Waals surface area contributed by atoms with Crippen LogP contribution in [0.2, 0.25) is 0 Å². The van der Waals surface area contributed by atoms with Crippen LogP contribution in [-0.4, -0.2) is 88.3 Å². The zero-order valence-corrected chi connectivity index (χ0v) is 23.3. The number of anilines is 1. The number of methoxy groups -OCH3 is 4. The Morgan fingerprint density at radius 2 is 1.68 bits per heavy atom. The van der Waals surface area contributed by atoms with E-state index in [1.165, 1.54) is 33.3 Å². The molecule has 40 heavy (non-hydrogen) atoms. The summed E-state index contributed by atoms with van der Waals surface area (Å²) in [4.78, 5) is 61.4. The zero-order valence-electron chi connectivity index (χ0n) is 23.3. The van der Waals surface area contributed by atoms with Gasteiger partial charge in [-0.15, -0.1) is 0 Å². The summed E-state index contributed by atoms with van der Waals surface area (Å²) >= 11 is 0. The number of amides is 2. The van der Waals surface area contributed by atoms with E-state index < -0.39 is 41.4 Å². The van der Waals surface area contributed by atoms with E-state index in [2.05, 4.69) is 10.3 Å². The number of urea groups is 1. The highest BCUT2D eigenvalue weighted by Crippen LogP contribution is 2.58. The quantitative estimate of drug-likeness (QED) is 0.428. The maximum atomic E-state index is 14.0. The van der Waals surface area contributed by atoms with Crippen LogP contribution in [0.4, 0.5) is 10.5 Å². The van der Waals surface area contributed by atoms with Gasteiger partial charge in [-0.3, -0.25) is 4.90 Å². The topological polar surface area (TPSA) is 136 Å². The minimum absolute atomic E-state index is 0.0195. The van der Waals surface area contributed by atoms with E-state index in [1.807, 2.05) is 17.0 Å². The van der Waals surface area contributed by atoms with E-state index in [4.69, 9.17) is 18.9 Å². The third-order valence-corrected chi connectivity index (χ3v) is 8.53. The number of benzene rings is 1. The molecule has 1 N–H and O–H groups in total. The standard InChI is InChI=1S/C28H34N4O8/c1-31-18-12-11-16(37-2)13-17(18)28-14-19(23(33)38-3)32(27(36)29-15-9-7-6-8-10-15)26(28)30-21(25(35)40-5)20(22(28)31)24(34)39-4/h11-13,15,19,22H,6-10,14H2,1-5H3,(H,29,36)/t19?,22?,28-/m0/s1. The highest BCUT2D eigenvalue weighted by Gasteiger charge is 2.67. The minimum Gasteiger partial charge on any atom is -0.497 e. The largest absolute Gasteiger partial charge is 0.497 e. The van der Waals surface area contributed by atoms with Gasteiger partial charge in [-0.25, -0.2) is 24.2 Å². The van der Waals surface area contributed by atoms with Crippen molar-refractivity contribution in [2.75, 3.05) is 40.4 Å². The predicted octanol–water partition coefficient (Wildman–Crippen LogP) is 2.05. The van der Waals surface area contributed by atoms with Gasteiger partial charge in [0.05, 0.1) is 45.5 Å². The molecule has 214 valence electrons. The summed E-state index contributed by atoms with van der Waals surface area (Å²) in [5.41, 5.74) is -0.0661. The lowest BCUT2D eigenvalue weighted by Crippen LogP contribution is -2.57. The Balaban J connectivity index is 1.77. The van der Waals surface area contributed by atoms with Crippen molar-refractivity contribution in [3.8, 4) is 5.75 Å². The van der Waals surface area contributed by atoms with Crippen LogP contribution in [0, 0.1) is 0 Å². The summed E-state index contributed by atoms with van der Waals surface area (Å²) in [6.45, 7) is 0. The highest BCUT2D eigenvalue weighted by atomic mass is 16.5. The molecule has 2 fully saturated rings. The van der Waals surface area contributed by atoms with Crippen LogP contribution < -0.4 is 15.0 Å². The fourth-order valence-electron chi connectivity index (χ4n) is 6.75. The van der Waals surface area contributed by atoms with Gasteiger partial charge in [0.25, 0.3) is 0 Å². The number of hydrogen-bond donors (Lipinski definition) is 1. The van der Waals surface area contributed by atoms with Crippen molar-refractivity contribution in [3.05, 3.63) is 35.0 Å². The van der Waals surface area contributed by atoms with Crippen LogP contribution in [0.5, 0.6) is 5.75 Å². The number of carbonyl (C=O) groups excluding carboxylic acids is 4. The first kappa shape index (κ1) is 27.5. The molecule has 0 radical (unpaired) electrons. The van der Waals surface area contributed by atoms with E-state index in [-0.39, 0.29) is 29.6 Å². The number of nitrogens with one attached hydrogen (secondary N) is 1. The first-order valence-electron chi connectivity index (χ1n) is 13.3. The first-order valence-corrected chi connectivity index (χ1v) is 13.3. The van der Waals surface area contributed by atoms with Gasteiger partial charge in [0.2, 0.25) is 0 Å². The number of hydrogen-bond acceptors (Lipinski definition) is 10. The number of esters is 3. The van der Waals surface area contributed by atoms with Crippen LogP contribution in [0.3, 0.4) is 0 Å². The average Bonchev–Trinajstić information content (AvgIpc) is 3.46. The molecule has 1 aromatic carbocycles. The molecule has 3 atom stereocenters. The molecule has 12 heteroatoms. The predicted molar refractivity (Wildman–Crippen MR) is 143 cm³/mol. The molecule has 1 saturated carbocycles. The number of rotatable bonds is 5. The van der Waals surface area contributed by atoms with Crippen LogP contribution in [0.1, 0.15) is 44.1 Å². The van der Waals surface area contributed by atoms with Gasteiger partial charge >= 0.3 is 23.9 Å². The van der Waals surface area contributed by atoms with Crippen molar-refractivity contribution in [1.29, 1.82) is 0 Å². The maximum absolute atomic E-state index is 14.0. The Bertz CT molecular complexity index is 1320. The van der Waals surface area contributed by atoms with E-state index in [9.17, 15) is 19.2 Å². The van der Waals surface area contributed by atoms with Crippen LogP contribution in [-0.2, 0) is 34.0 Å². The molecule has 2 unspecified atom stereocenters. The maximum Gasteiger partial charge on any atom is 0.357 e. The number of ether oxygens (including phenoxy) is 4. The molecule has 0 bridgehead atoms. The number of amidine groups is 1. The Hall–Kier alpha value is -4.09. The van der Waals surface area contributed by atoms with Gasteiger partial charge in [-0.05, 0) is 43.0 Å². The lowest BCUT2D eigenvalue weighted by molar-refractivity contribution is -0.144. The molecule has 3 heterocycles. The molecule has 12 nitrogen and oxygen atoms in total. The van der Waals surface area contributed by atoms with Crippen LogP contribution in [0.15, 0.2) is 34.5 Å². The van der Waals surface area contributed by atoms with Gasteiger partial charge in [-0.1, -0.05) is 19.3 Å². The van der Waals surface area contributed by atoms with Crippen LogP contribution >= 0.6 is 0 Å². The van der Waals surface area contributed by atoms with E-state index in [1.54, 1.807) is 13.1 Å². The number of fused-ring (bicyclic) bond motifs is 1. The molecule has 1 saturated heterocycles. The van der Waals surface area contributed by atoms with Gasteiger partial charge in [-0.2, -0.15) is 0 Å². The number of likely N-dealkylation sites (N-methyl/N-ethyl adjacent to an activating group) is 1. The summed E-state index contributed by atoms with van der Waals surface area (Å²) < 4.78 is 20.8. The van der Waals surface area contributed by atoms with Crippen molar-refractivity contribution in [2.45, 2.75) is 62.1 Å². The second-order valence-corrected chi connectivity index (χ2v) is 10.4. The highest BCUT2D eigenvalue weighted by molar-refractivity contribution is 6.17. The minimum atomic E-state index is -1.19. The van der Waals surface area contributed by atoms with Crippen molar-refractivity contribution in [1.82, 2.24) is 10.2 Å². The van der Waals surface area contributed by atoms with E-state index >= 15 is 0 Å². The fraction of sp³-hybridized carbons (Fsp3) is 0.536. The van der Waals surface area contributed by atoms with Gasteiger partial charge in [0.1, 0.15) is 17.6 Å². The van der Waals surface area contributed by atoms with Crippen molar-refractivity contribution >= 4 is 35.5 Å². The second-order valence-electron chi connectivity index (χ2n) is 10.4. The molecule has 1 aliphatic carbocycles. The molecule has 1 aromatic rings. The molecule has 2 amide bonds. The summed E-state index contributed by atoms with van der Waals surface area (Å²) in [6.07, 6.45) is 4.80. The number of nitrogens with zero attached hydrogens (tertiary/aromatic N) is 3. The fourth-order valence-corrected chi connectivity index (χ4v) is 6.75. The Kier molecular flexibility index (Phi) is 7.19. The van der Waals surface area contributed by atoms with Crippen molar-refractivity contribution < 1.29 is 38.1 Å². The normalized spacial score (nSPS) is 25.4. The van der Waals surface area contributed by atoms with Gasteiger partial charge in [0, 0.05) is 18.8 Å². The Morgan fingerprint density at radius 3 is 2.30 bits per heavy atom. The Labute approximate surface area is 232 Å². The third kappa shape index (κ3) is 3.99. The molecule has 0 aromatic heterocycles. The lowest BCUT2D eigenvalue weighted by atomic mass is 9.69. The number of aliphatic imine (C=N–C) groups is 1. The summed E-state index contributed by atoms with van der Waals surface area (Å²) in [7, 11) is 6.98.